The first-order valence-electron chi connectivity index (χ1n) is 10.9. The SMILES string of the molecule is CCSc1ccc2c(c1)C(=Cc1[nH]c(C)c(C(=O)NCCN(CC)CC)c1C)C(=O)N2. The molecule has 2 aromatic rings. The third-order valence-corrected chi connectivity index (χ3v) is 6.56. The molecule has 0 saturated carbocycles. The highest BCUT2D eigenvalue weighted by Gasteiger charge is 2.26. The second-order valence-corrected chi connectivity index (χ2v) is 8.94. The van der Waals surface area contributed by atoms with Crippen molar-refractivity contribution in [1.29, 1.82) is 0 Å². The number of aryl methyl sites for hydroxylation is 1. The molecule has 1 aromatic carbocycles. The summed E-state index contributed by atoms with van der Waals surface area (Å²) in [6.07, 6.45) is 1.86. The number of hydrogen-bond donors (Lipinski definition) is 3. The van der Waals surface area contributed by atoms with Crippen LogP contribution in [0, 0.1) is 13.8 Å². The summed E-state index contributed by atoms with van der Waals surface area (Å²) in [5.74, 6) is 0.771. The number of anilines is 1. The second kappa shape index (κ2) is 10.2. The van der Waals surface area contributed by atoms with Crippen LogP contribution >= 0.6 is 11.8 Å². The van der Waals surface area contributed by atoms with E-state index < -0.39 is 0 Å². The number of rotatable bonds is 9. The maximum absolute atomic E-state index is 12.8. The monoisotopic (exact) mass is 440 g/mol. The molecular formula is C24H32N4O2S. The zero-order chi connectivity index (χ0) is 22.5. The van der Waals surface area contributed by atoms with Crippen molar-refractivity contribution in [1.82, 2.24) is 15.2 Å². The lowest BCUT2D eigenvalue weighted by Gasteiger charge is -2.18. The number of amides is 2. The molecule has 2 amide bonds. The van der Waals surface area contributed by atoms with Gasteiger partial charge in [-0.05, 0) is 62.5 Å². The number of aromatic amines is 1. The van der Waals surface area contributed by atoms with Crippen LogP contribution in [-0.4, -0.2) is 53.6 Å². The highest BCUT2D eigenvalue weighted by atomic mass is 32.2. The predicted octanol–water partition coefficient (Wildman–Crippen LogP) is 4.31. The van der Waals surface area contributed by atoms with E-state index in [1.54, 1.807) is 11.8 Å². The number of likely N-dealkylation sites (N-methyl/N-ethyl adjacent to an activating group) is 1. The van der Waals surface area contributed by atoms with Gasteiger partial charge in [0.2, 0.25) is 0 Å². The van der Waals surface area contributed by atoms with Gasteiger partial charge in [-0.1, -0.05) is 20.8 Å². The van der Waals surface area contributed by atoms with Gasteiger partial charge in [0.15, 0.2) is 0 Å². The number of carbonyl (C=O) groups excluding carboxylic acids is 2. The summed E-state index contributed by atoms with van der Waals surface area (Å²) in [4.78, 5) is 32.1. The molecule has 1 aliphatic rings. The summed E-state index contributed by atoms with van der Waals surface area (Å²) in [5, 5.41) is 5.97. The molecular weight excluding hydrogens is 408 g/mol. The molecule has 0 bridgehead atoms. The van der Waals surface area contributed by atoms with Gasteiger partial charge in [-0.25, -0.2) is 0 Å². The molecule has 1 aromatic heterocycles. The molecule has 31 heavy (non-hydrogen) atoms. The van der Waals surface area contributed by atoms with Gasteiger partial charge < -0.3 is 20.5 Å². The molecule has 0 atom stereocenters. The molecule has 3 N–H and O–H groups in total. The van der Waals surface area contributed by atoms with Crippen molar-refractivity contribution in [2.24, 2.45) is 0 Å². The lowest BCUT2D eigenvalue weighted by Crippen LogP contribution is -2.35. The third kappa shape index (κ3) is 5.05. The number of nitrogens with zero attached hydrogens (tertiary/aromatic N) is 1. The van der Waals surface area contributed by atoms with Crippen LogP contribution in [0.4, 0.5) is 5.69 Å². The van der Waals surface area contributed by atoms with E-state index in [2.05, 4.69) is 47.4 Å². The fourth-order valence-corrected chi connectivity index (χ4v) is 4.62. The van der Waals surface area contributed by atoms with Crippen LogP contribution < -0.4 is 10.6 Å². The predicted molar refractivity (Wildman–Crippen MR) is 130 cm³/mol. The molecule has 1 aliphatic heterocycles. The number of fused-ring (bicyclic) bond motifs is 1. The Morgan fingerprint density at radius 1 is 1.19 bits per heavy atom. The number of H-pyrrole nitrogens is 1. The van der Waals surface area contributed by atoms with E-state index in [0.29, 0.717) is 17.7 Å². The summed E-state index contributed by atoms with van der Waals surface area (Å²) in [6, 6.07) is 6.04. The number of aromatic nitrogens is 1. The fourth-order valence-electron chi connectivity index (χ4n) is 3.93. The van der Waals surface area contributed by atoms with Gasteiger partial charge in [0.05, 0.1) is 11.1 Å². The maximum atomic E-state index is 12.8. The molecule has 2 heterocycles. The first kappa shape index (κ1) is 23.2. The molecule has 166 valence electrons. The van der Waals surface area contributed by atoms with E-state index in [4.69, 9.17) is 0 Å². The standard InChI is InChI=1S/C24H32N4O2S/c1-6-28(7-2)12-11-25-24(30)22-15(4)21(26-16(22)5)14-19-18-13-17(31-8-3)9-10-20(18)27-23(19)29/h9-10,13-14,26H,6-8,11-12H2,1-5H3,(H,25,30)(H,27,29). The number of benzene rings is 1. The largest absolute Gasteiger partial charge is 0.358 e. The Morgan fingerprint density at radius 3 is 2.61 bits per heavy atom. The van der Waals surface area contributed by atoms with Crippen LogP contribution in [0.3, 0.4) is 0 Å². The first-order chi connectivity index (χ1) is 14.9. The molecule has 0 fully saturated rings. The Morgan fingerprint density at radius 2 is 1.94 bits per heavy atom. The van der Waals surface area contributed by atoms with E-state index in [9.17, 15) is 9.59 Å². The normalized spacial score (nSPS) is 14.3. The van der Waals surface area contributed by atoms with Gasteiger partial charge in [-0.3, -0.25) is 9.59 Å². The molecule has 0 spiro atoms. The lowest BCUT2D eigenvalue weighted by molar-refractivity contribution is -0.110. The minimum Gasteiger partial charge on any atom is -0.358 e. The summed E-state index contributed by atoms with van der Waals surface area (Å²) < 4.78 is 0. The van der Waals surface area contributed by atoms with E-state index in [1.807, 2.05) is 32.1 Å². The number of hydrogen-bond acceptors (Lipinski definition) is 4. The number of carbonyl (C=O) groups is 2. The van der Waals surface area contributed by atoms with Crippen LogP contribution in [0.2, 0.25) is 0 Å². The Hall–Kier alpha value is -2.51. The highest BCUT2D eigenvalue weighted by Crippen LogP contribution is 2.36. The van der Waals surface area contributed by atoms with Gasteiger partial charge in [-0.2, -0.15) is 0 Å². The van der Waals surface area contributed by atoms with Crippen molar-refractivity contribution >= 4 is 40.9 Å². The molecule has 0 saturated heterocycles. The Balaban J connectivity index is 1.84. The van der Waals surface area contributed by atoms with Crippen molar-refractivity contribution in [3.63, 3.8) is 0 Å². The van der Waals surface area contributed by atoms with Crippen molar-refractivity contribution in [3.8, 4) is 0 Å². The maximum Gasteiger partial charge on any atom is 0.256 e. The van der Waals surface area contributed by atoms with E-state index >= 15 is 0 Å². The topological polar surface area (TPSA) is 77.2 Å². The number of nitrogens with one attached hydrogen (secondary N) is 3. The van der Waals surface area contributed by atoms with Crippen LogP contribution in [0.1, 0.15) is 53.6 Å². The fraction of sp³-hybridized carbons (Fsp3) is 0.417. The lowest BCUT2D eigenvalue weighted by atomic mass is 10.0. The minimum absolute atomic E-state index is 0.0824. The highest BCUT2D eigenvalue weighted by molar-refractivity contribution is 7.99. The Kier molecular flexibility index (Phi) is 7.62. The molecule has 0 unspecified atom stereocenters. The third-order valence-electron chi connectivity index (χ3n) is 5.68. The molecule has 0 radical (unpaired) electrons. The smallest absolute Gasteiger partial charge is 0.256 e. The molecule has 0 aliphatic carbocycles. The van der Waals surface area contributed by atoms with E-state index in [0.717, 1.165) is 58.5 Å². The second-order valence-electron chi connectivity index (χ2n) is 7.60. The van der Waals surface area contributed by atoms with Crippen molar-refractivity contribution in [2.45, 2.75) is 39.5 Å². The van der Waals surface area contributed by atoms with Crippen LogP contribution in [0.5, 0.6) is 0 Å². The molecule has 7 heteroatoms. The quantitative estimate of drug-likeness (QED) is 0.401. The van der Waals surface area contributed by atoms with E-state index in [1.165, 1.54) is 0 Å². The summed E-state index contributed by atoms with van der Waals surface area (Å²) >= 11 is 1.75. The Bertz CT molecular complexity index is 1010. The van der Waals surface area contributed by atoms with Gasteiger partial charge in [0.25, 0.3) is 11.8 Å². The Labute approximate surface area is 188 Å². The molecule has 3 rings (SSSR count). The van der Waals surface area contributed by atoms with Crippen LogP contribution in [0.25, 0.3) is 11.6 Å². The number of thioether (sulfide) groups is 1. The zero-order valence-corrected chi connectivity index (χ0v) is 19.8. The first-order valence-corrected chi connectivity index (χ1v) is 11.9. The van der Waals surface area contributed by atoms with Gasteiger partial charge >= 0.3 is 0 Å². The van der Waals surface area contributed by atoms with Crippen molar-refractivity contribution < 1.29 is 9.59 Å². The van der Waals surface area contributed by atoms with Crippen LogP contribution in [-0.2, 0) is 4.79 Å². The molecule has 6 nitrogen and oxygen atoms in total. The summed E-state index contributed by atoms with van der Waals surface area (Å²) in [5.41, 5.74) is 5.45. The zero-order valence-electron chi connectivity index (χ0n) is 19.0. The summed E-state index contributed by atoms with van der Waals surface area (Å²) in [6.45, 7) is 13.5. The average Bonchev–Trinajstić information content (AvgIpc) is 3.20. The summed E-state index contributed by atoms with van der Waals surface area (Å²) in [7, 11) is 0. The minimum atomic E-state index is -0.120. The van der Waals surface area contributed by atoms with E-state index in [-0.39, 0.29) is 11.8 Å². The van der Waals surface area contributed by atoms with Crippen LogP contribution in [0.15, 0.2) is 23.1 Å². The van der Waals surface area contributed by atoms with Gasteiger partial charge in [-0.15, -0.1) is 11.8 Å². The van der Waals surface area contributed by atoms with Crippen molar-refractivity contribution in [3.05, 3.63) is 46.3 Å². The van der Waals surface area contributed by atoms with Crippen molar-refractivity contribution in [2.75, 3.05) is 37.2 Å². The van der Waals surface area contributed by atoms with Gasteiger partial charge in [0.1, 0.15) is 0 Å². The average molecular weight is 441 g/mol. The van der Waals surface area contributed by atoms with Gasteiger partial charge in [0, 0.05) is 40.6 Å².